The fraction of sp³-hybridized carbons (Fsp3) is 0.154. The Hall–Kier alpha value is -0.870. The van der Waals surface area contributed by atoms with Crippen molar-refractivity contribution in [3.8, 4) is 0 Å². The van der Waals surface area contributed by atoms with Gasteiger partial charge in [0.15, 0.2) is 0 Å². The third-order valence-electron chi connectivity index (χ3n) is 2.46. The second-order valence-corrected chi connectivity index (χ2v) is 5.64. The van der Waals surface area contributed by atoms with Crippen molar-refractivity contribution in [1.29, 1.82) is 0 Å². The average Bonchev–Trinajstić information content (AvgIpc) is 2.29. The summed E-state index contributed by atoms with van der Waals surface area (Å²) in [5.41, 5.74) is 2.25. The first-order valence-corrected chi connectivity index (χ1v) is 6.86. The zero-order valence-electron chi connectivity index (χ0n) is 9.32. The normalized spacial score (nSPS) is 12.2. The van der Waals surface area contributed by atoms with E-state index in [9.17, 15) is 0 Å². The standard InChI is InChI=1S/C13H12Br2N2/c1-9(10-2-4-11(14)5-3-10)17-13-6-12(15)7-16-8-13/h2-9,17H,1H3. The van der Waals surface area contributed by atoms with Crippen LogP contribution >= 0.6 is 31.9 Å². The van der Waals surface area contributed by atoms with E-state index >= 15 is 0 Å². The Balaban J connectivity index is 2.11. The summed E-state index contributed by atoms with van der Waals surface area (Å²) in [7, 11) is 0. The molecule has 1 aromatic carbocycles. The van der Waals surface area contributed by atoms with Gasteiger partial charge in [0.05, 0.1) is 11.9 Å². The van der Waals surface area contributed by atoms with Crippen LogP contribution < -0.4 is 5.32 Å². The van der Waals surface area contributed by atoms with E-state index in [0.29, 0.717) is 0 Å². The van der Waals surface area contributed by atoms with Gasteiger partial charge >= 0.3 is 0 Å². The summed E-state index contributed by atoms with van der Waals surface area (Å²) in [6.45, 7) is 2.13. The Bertz CT molecular complexity index is 497. The summed E-state index contributed by atoms with van der Waals surface area (Å²) in [4.78, 5) is 4.13. The summed E-state index contributed by atoms with van der Waals surface area (Å²) < 4.78 is 2.07. The number of aromatic nitrogens is 1. The molecule has 0 bridgehead atoms. The van der Waals surface area contributed by atoms with E-state index in [4.69, 9.17) is 0 Å². The maximum Gasteiger partial charge on any atom is 0.0542 e. The molecule has 0 aliphatic carbocycles. The monoisotopic (exact) mass is 354 g/mol. The van der Waals surface area contributed by atoms with Gasteiger partial charge in [-0.15, -0.1) is 0 Å². The van der Waals surface area contributed by atoms with Crippen molar-refractivity contribution in [1.82, 2.24) is 4.98 Å². The van der Waals surface area contributed by atoms with Crippen LogP contribution in [-0.4, -0.2) is 4.98 Å². The maximum absolute atomic E-state index is 4.13. The molecular formula is C13H12Br2N2. The highest BCUT2D eigenvalue weighted by molar-refractivity contribution is 9.10. The van der Waals surface area contributed by atoms with Crippen molar-refractivity contribution in [3.05, 3.63) is 57.2 Å². The zero-order chi connectivity index (χ0) is 12.3. The first-order chi connectivity index (χ1) is 8.15. The SMILES string of the molecule is CC(Nc1cncc(Br)c1)c1ccc(Br)cc1. The first kappa shape index (κ1) is 12.6. The molecule has 1 heterocycles. The number of pyridine rings is 1. The van der Waals surface area contributed by atoms with Crippen LogP contribution in [0.3, 0.4) is 0 Å². The number of hydrogen-bond donors (Lipinski definition) is 1. The first-order valence-electron chi connectivity index (χ1n) is 5.28. The van der Waals surface area contributed by atoms with Crippen LogP contribution in [0, 0.1) is 0 Å². The lowest BCUT2D eigenvalue weighted by molar-refractivity contribution is 0.882. The molecule has 1 unspecified atom stereocenters. The van der Waals surface area contributed by atoms with Crippen LogP contribution in [0.2, 0.25) is 0 Å². The lowest BCUT2D eigenvalue weighted by Crippen LogP contribution is -2.06. The van der Waals surface area contributed by atoms with Crippen LogP contribution in [0.4, 0.5) is 5.69 Å². The van der Waals surface area contributed by atoms with E-state index < -0.39 is 0 Å². The Morgan fingerprint density at radius 2 is 1.76 bits per heavy atom. The number of halogens is 2. The highest BCUT2D eigenvalue weighted by atomic mass is 79.9. The van der Waals surface area contributed by atoms with Gasteiger partial charge in [-0.1, -0.05) is 28.1 Å². The maximum atomic E-state index is 4.13. The van der Waals surface area contributed by atoms with Crippen LogP contribution in [0.1, 0.15) is 18.5 Å². The third-order valence-corrected chi connectivity index (χ3v) is 3.42. The van der Waals surface area contributed by atoms with Gasteiger partial charge < -0.3 is 5.32 Å². The number of nitrogens with one attached hydrogen (secondary N) is 1. The molecule has 0 saturated carbocycles. The Morgan fingerprint density at radius 3 is 2.41 bits per heavy atom. The molecular weight excluding hydrogens is 344 g/mol. The van der Waals surface area contributed by atoms with Crippen molar-refractivity contribution in [3.63, 3.8) is 0 Å². The highest BCUT2D eigenvalue weighted by Crippen LogP contribution is 2.22. The highest BCUT2D eigenvalue weighted by Gasteiger charge is 2.05. The number of rotatable bonds is 3. The molecule has 2 rings (SSSR count). The number of nitrogens with zero attached hydrogens (tertiary/aromatic N) is 1. The molecule has 0 amide bonds. The molecule has 2 aromatic rings. The molecule has 1 N–H and O–H groups in total. The van der Waals surface area contributed by atoms with Gasteiger partial charge in [0.25, 0.3) is 0 Å². The van der Waals surface area contributed by atoms with Gasteiger partial charge in [0.2, 0.25) is 0 Å². The molecule has 88 valence electrons. The van der Waals surface area contributed by atoms with Gasteiger partial charge in [-0.25, -0.2) is 0 Å². The fourth-order valence-electron chi connectivity index (χ4n) is 1.58. The van der Waals surface area contributed by atoms with Gasteiger partial charge in [0, 0.05) is 21.2 Å². The summed E-state index contributed by atoms with van der Waals surface area (Å²) in [6, 6.07) is 10.6. The Kier molecular flexibility index (Phi) is 4.18. The summed E-state index contributed by atoms with van der Waals surface area (Å²) in [5.74, 6) is 0. The number of benzene rings is 1. The minimum absolute atomic E-state index is 0.249. The summed E-state index contributed by atoms with van der Waals surface area (Å²) in [5, 5.41) is 3.41. The topological polar surface area (TPSA) is 24.9 Å². The Labute approximate surface area is 118 Å². The van der Waals surface area contributed by atoms with Crippen LogP contribution in [0.15, 0.2) is 51.7 Å². The van der Waals surface area contributed by atoms with E-state index in [1.165, 1.54) is 5.56 Å². The second-order valence-electron chi connectivity index (χ2n) is 3.81. The van der Waals surface area contributed by atoms with Crippen molar-refractivity contribution < 1.29 is 0 Å². The number of anilines is 1. The average molecular weight is 356 g/mol. The molecule has 2 nitrogen and oxygen atoms in total. The van der Waals surface area contributed by atoms with E-state index in [2.05, 4.69) is 61.2 Å². The number of hydrogen-bond acceptors (Lipinski definition) is 2. The van der Waals surface area contributed by atoms with Gasteiger partial charge in [-0.2, -0.15) is 0 Å². The quantitative estimate of drug-likeness (QED) is 0.856. The van der Waals surface area contributed by atoms with Gasteiger partial charge in [-0.3, -0.25) is 4.98 Å². The van der Waals surface area contributed by atoms with Crippen LogP contribution in [0.5, 0.6) is 0 Å². The zero-order valence-corrected chi connectivity index (χ0v) is 12.5. The minimum Gasteiger partial charge on any atom is -0.377 e. The lowest BCUT2D eigenvalue weighted by Gasteiger charge is -2.15. The molecule has 0 saturated heterocycles. The lowest BCUT2D eigenvalue weighted by atomic mass is 10.1. The molecule has 1 aromatic heterocycles. The summed E-state index contributed by atoms with van der Waals surface area (Å²) in [6.07, 6.45) is 3.59. The van der Waals surface area contributed by atoms with E-state index in [0.717, 1.165) is 14.6 Å². The second kappa shape index (κ2) is 5.65. The van der Waals surface area contributed by atoms with E-state index in [-0.39, 0.29) is 6.04 Å². The predicted octanol–water partition coefficient (Wildman–Crippen LogP) is 4.78. The molecule has 0 radical (unpaired) electrons. The molecule has 0 aliphatic heterocycles. The molecule has 0 fully saturated rings. The van der Waals surface area contributed by atoms with Gasteiger partial charge in [-0.05, 0) is 46.6 Å². The van der Waals surface area contributed by atoms with Crippen molar-refractivity contribution in [2.24, 2.45) is 0 Å². The Morgan fingerprint density at radius 1 is 1.06 bits per heavy atom. The fourth-order valence-corrected chi connectivity index (χ4v) is 2.20. The molecule has 0 aliphatic rings. The largest absolute Gasteiger partial charge is 0.377 e. The smallest absolute Gasteiger partial charge is 0.0542 e. The van der Waals surface area contributed by atoms with Crippen molar-refractivity contribution in [2.45, 2.75) is 13.0 Å². The molecule has 4 heteroatoms. The van der Waals surface area contributed by atoms with Crippen molar-refractivity contribution >= 4 is 37.5 Å². The van der Waals surface area contributed by atoms with E-state index in [1.807, 2.05) is 24.4 Å². The summed E-state index contributed by atoms with van der Waals surface area (Å²) >= 11 is 6.84. The van der Waals surface area contributed by atoms with Crippen LogP contribution in [-0.2, 0) is 0 Å². The molecule has 0 spiro atoms. The van der Waals surface area contributed by atoms with Crippen LogP contribution in [0.25, 0.3) is 0 Å². The third kappa shape index (κ3) is 3.54. The van der Waals surface area contributed by atoms with E-state index in [1.54, 1.807) is 6.20 Å². The molecule has 1 atom stereocenters. The van der Waals surface area contributed by atoms with Crippen molar-refractivity contribution in [2.75, 3.05) is 5.32 Å². The van der Waals surface area contributed by atoms with Gasteiger partial charge in [0.1, 0.15) is 0 Å². The predicted molar refractivity (Wildman–Crippen MR) is 78.1 cm³/mol. The molecule has 17 heavy (non-hydrogen) atoms. The minimum atomic E-state index is 0.249.